The first-order chi connectivity index (χ1) is 14.6. The lowest BCUT2D eigenvalue weighted by Crippen LogP contribution is -2.24. The predicted molar refractivity (Wildman–Crippen MR) is 106 cm³/mol. The van der Waals surface area contributed by atoms with Crippen molar-refractivity contribution in [3.63, 3.8) is 0 Å². The van der Waals surface area contributed by atoms with E-state index in [1.54, 1.807) is 23.1 Å². The molecule has 10 heteroatoms. The molecule has 2 amide bonds. The van der Waals surface area contributed by atoms with Gasteiger partial charge in [-0.05, 0) is 42.3 Å². The fourth-order valence-corrected chi connectivity index (χ4v) is 3.34. The molecule has 0 unspecified atom stereocenters. The average molecular weight is 455 g/mol. The number of anilines is 1. The molecular weight excluding hydrogens is 437 g/mol. The Balaban J connectivity index is 1.56. The maximum atomic E-state index is 12.9. The number of ether oxygens (including phenoxy) is 1. The van der Waals surface area contributed by atoms with E-state index in [9.17, 15) is 27.6 Å². The lowest BCUT2D eigenvalue weighted by molar-refractivity contribution is -0.137. The molecule has 0 spiro atoms. The Bertz CT molecular complexity index is 1010. The van der Waals surface area contributed by atoms with Gasteiger partial charge < -0.3 is 15.0 Å². The van der Waals surface area contributed by atoms with Gasteiger partial charge in [0, 0.05) is 25.2 Å². The molecule has 1 aliphatic rings. The predicted octanol–water partition coefficient (Wildman–Crippen LogP) is 4.28. The molecule has 0 atom stereocenters. The van der Waals surface area contributed by atoms with E-state index in [0.29, 0.717) is 25.6 Å². The van der Waals surface area contributed by atoms with Crippen LogP contribution in [0, 0.1) is 0 Å². The maximum absolute atomic E-state index is 12.9. The minimum Gasteiger partial charge on any atom is -0.452 e. The zero-order valence-corrected chi connectivity index (χ0v) is 16.9. The quantitative estimate of drug-likeness (QED) is 0.661. The molecule has 31 heavy (non-hydrogen) atoms. The number of halogens is 4. The van der Waals surface area contributed by atoms with Gasteiger partial charge in [-0.1, -0.05) is 23.7 Å². The van der Waals surface area contributed by atoms with Gasteiger partial charge in [-0.2, -0.15) is 13.2 Å². The molecule has 6 nitrogen and oxygen atoms in total. The first-order valence-corrected chi connectivity index (χ1v) is 9.72. The maximum Gasteiger partial charge on any atom is 0.417 e. The summed E-state index contributed by atoms with van der Waals surface area (Å²) in [4.78, 5) is 37.7. The number of carbonyl (C=O) groups is 3. The van der Waals surface area contributed by atoms with Gasteiger partial charge in [0.25, 0.3) is 5.91 Å². The van der Waals surface area contributed by atoms with Crippen LogP contribution in [0.1, 0.15) is 34.3 Å². The van der Waals surface area contributed by atoms with Crippen LogP contribution in [0.3, 0.4) is 0 Å². The van der Waals surface area contributed by atoms with Gasteiger partial charge in [0.2, 0.25) is 5.91 Å². The summed E-state index contributed by atoms with van der Waals surface area (Å²) in [6, 6.07) is 9.41. The Morgan fingerprint density at radius 1 is 1.16 bits per heavy atom. The van der Waals surface area contributed by atoms with Gasteiger partial charge in [0.1, 0.15) is 0 Å². The first-order valence-electron chi connectivity index (χ1n) is 9.34. The summed E-state index contributed by atoms with van der Waals surface area (Å²) < 4.78 is 43.7. The normalized spacial score (nSPS) is 13.9. The SMILES string of the molecule is O=C(COC(=O)c1cccc(CN2CCCC2=O)c1)Nc1ccc(Cl)c(C(F)(F)F)c1. The largest absolute Gasteiger partial charge is 0.452 e. The van der Waals surface area contributed by atoms with Gasteiger partial charge in [-0.25, -0.2) is 4.79 Å². The molecule has 1 fully saturated rings. The molecule has 1 saturated heterocycles. The van der Waals surface area contributed by atoms with E-state index in [-0.39, 0.29) is 17.2 Å². The summed E-state index contributed by atoms with van der Waals surface area (Å²) in [5.74, 6) is -1.51. The molecule has 0 bridgehead atoms. The third-order valence-electron chi connectivity index (χ3n) is 4.60. The van der Waals surface area contributed by atoms with Crippen molar-refractivity contribution in [2.45, 2.75) is 25.6 Å². The molecule has 0 radical (unpaired) electrons. The highest BCUT2D eigenvalue weighted by Gasteiger charge is 2.33. The van der Waals surface area contributed by atoms with Crippen molar-refractivity contribution in [2.75, 3.05) is 18.5 Å². The second kappa shape index (κ2) is 9.38. The molecule has 2 aromatic rings. The summed E-state index contributed by atoms with van der Waals surface area (Å²) >= 11 is 5.54. The van der Waals surface area contributed by atoms with E-state index in [1.807, 2.05) is 0 Å². The van der Waals surface area contributed by atoms with Gasteiger partial charge in [0.15, 0.2) is 6.61 Å². The molecule has 1 heterocycles. The second-order valence-corrected chi connectivity index (χ2v) is 7.34. The van der Waals surface area contributed by atoms with Crippen LogP contribution in [0.5, 0.6) is 0 Å². The monoisotopic (exact) mass is 454 g/mol. The van der Waals surface area contributed by atoms with Crippen LogP contribution in [-0.4, -0.2) is 35.8 Å². The van der Waals surface area contributed by atoms with Crippen molar-refractivity contribution in [2.24, 2.45) is 0 Å². The number of hydrogen-bond donors (Lipinski definition) is 1. The number of nitrogens with zero attached hydrogens (tertiary/aromatic N) is 1. The highest BCUT2D eigenvalue weighted by atomic mass is 35.5. The van der Waals surface area contributed by atoms with Crippen molar-refractivity contribution in [1.82, 2.24) is 4.90 Å². The number of carbonyl (C=O) groups excluding carboxylic acids is 3. The third-order valence-corrected chi connectivity index (χ3v) is 4.93. The number of benzene rings is 2. The minimum atomic E-state index is -4.67. The molecule has 0 aliphatic carbocycles. The van der Waals surface area contributed by atoms with E-state index >= 15 is 0 Å². The van der Waals surface area contributed by atoms with Gasteiger partial charge in [0.05, 0.1) is 16.1 Å². The zero-order valence-electron chi connectivity index (χ0n) is 16.2. The number of hydrogen-bond acceptors (Lipinski definition) is 4. The number of amides is 2. The van der Waals surface area contributed by atoms with E-state index in [0.717, 1.165) is 18.1 Å². The lowest BCUT2D eigenvalue weighted by Gasteiger charge is -2.16. The summed E-state index contributed by atoms with van der Waals surface area (Å²) in [7, 11) is 0. The number of likely N-dealkylation sites (tertiary alicyclic amines) is 1. The zero-order chi connectivity index (χ0) is 22.6. The van der Waals surface area contributed by atoms with Gasteiger partial charge in [-0.15, -0.1) is 0 Å². The highest BCUT2D eigenvalue weighted by Crippen LogP contribution is 2.36. The van der Waals surface area contributed by atoms with Crippen LogP contribution >= 0.6 is 11.6 Å². The number of esters is 1. The summed E-state index contributed by atoms with van der Waals surface area (Å²) in [5.41, 5.74) is -0.273. The molecule has 0 aromatic heterocycles. The fraction of sp³-hybridized carbons (Fsp3) is 0.286. The average Bonchev–Trinajstić information content (AvgIpc) is 3.11. The van der Waals surface area contributed by atoms with Crippen molar-refractivity contribution in [3.8, 4) is 0 Å². The number of rotatable bonds is 6. The van der Waals surface area contributed by atoms with E-state index < -0.39 is 35.2 Å². The molecule has 3 rings (SSSR count). The third kappa shape index (κ3) is 5.97. The Morgan fingerprint density at radius 2 is 1.94 bits per heavy atom. The topological polar surface area (TPSA) is 75.7 Å². The second-order valence-electron chi connectivity index (χ2n) is 6.94. The summed E-state index contributed by atoms with van der Waals surface area (Å²) in [6.07, 6.45) is -3.36. The van der Waals surface area contributed by atoms with E-state index in [2.05, 4.69) is 5.32 Å². The molecule has 164 valence electrons. The summed E-state index contributed by atoms with van der Waals surface area (Å²) in [5, 5.41) is 1.74. The summed E-state index contributed by atoms with van der Waals surface area (Å²) in [6.45, 7) is 0.352. The molecule has 0 saturated carbocycles. The van der Waals surface area contributed by atoms with Crippen LogP contribution in [0.25, 0.3) is 0 Å². The molecule has 2 aromatic carbocycles. The van der Waals surface area contributed by atoms with Gasteiger partial charge >= 0.3 is 12.1 Å². The Labute approximate surface area is 180 Å². The van der Waals surface area contributed by atoms with Gasteiger partial charge in [-0.3, -0.25) is 9.59 Å². The first kappa shape index (κ1) is 22.6. The molecule has 1 aliphatic heterocycles. The Hall–Kier alpha value is -3.07. The fourth-order valence-electron chi connectivity index (χ4n) is 3.12. The number of alkyl halides is 3. The van der Waals surface area contributed by atoms with Crippen LogP contribution in [0.15, 0.2) is 42.5 Å². The van der Waals surface area contributed by atoms with E-state index in [1.165, 1.54) is 12.1 Å². The lowest BCUT2D eigenvalue weighted by atomic mass is 10.1. The highest BCUT2D eigenvalue weighted by molar-refractivity contribution is 6.31. The van der Waals surface area contributed by atoms with Crippen molar-refractivity contribution >= 4 is 35.1 Å². The van der Waals surface area contributed by atoms with Crippen LogP contribution in [0.4, 0.5) is 18.9 Å². The number of nitrogens with one attached hydrogen (secondary N) is 1. The molecular formula is C21H18ClF3N2O4. The van der Waals surface area contributed by atoms with Crippen LogP contribution < -0.4 is 5.32 Å². The Morgan fingerprint density at radius 3 is 2.61 bits per heavy atom. The standard InChI is InChI=1S/C21H18ClF3N2O4/c22-17-7-6-15(10-16(17)21(23,24)25)26-18(28)12-31-20(30)14-4-1-3-13(9-14)11-27-8-2-5-19(27)29/h1,3-4,6-7,9-10H,2,5,8,11-12H2,(H,26,28). The van der Waals surface area contributed by atoms with Crippen molar-refractivity contribution in [3.05, 3.63) is 64.2 Å². The Kier molecular flexibility index (Phi) is 6.84. The van der Waals surface area contributed by atoms with Crippen LogP contribution in [0.2, 0.25) is 5.02 Å². The molecule has 1 N–H and O–H groups in total. The smallest absolute Gasteiger partial charge is 0.417 e. The minimum absolute atomic E-state index is 0.0560. The van der Waals surface area contributed by atoms with Crippen LogP contribution in [-0.2, 0) is 27.0 Å². The van der Waals surface area contributed by atoms with E-state index in [4.69, 9.17) is 16.3 Å². The van der Waals surface area contributed by atoms with Crippen molar-refractivity contribution < 1.29 is 32.3 Å². The van der Waals surface area contributed by atoms with Crippen molar-refractivity contribution in [1.29, 1.82) is 0 Å².